The number of non-ortho nitro benzene ring substituents is 1. The molecule has 0 aliphatic rings. The van der Waals surface area contributed by atoms with E-state index in [1.807, 2.05) is 0 Å². The van der Waals surface area contributed by atoms with Gasteiger partial charge in [-0.25, -0.2) is 14.3 Å². The summed E-state index contributed by atoms with van der Waals surface area (Å²) in [5, 5.41) is 13.5. The molecular formula is C20H15N5O6S2. The number of thiazole rings is 1. The summed E-state index contributed by atoms with van der Waals surface area (Å²) in [4.78, 5) is 53.9. The summed E-state index contributed by atoms with van der Waals surface area (Å²) in [5.41, 5.74) is -0.649. The molecule has 0 aliphatic carbocycles. The summed E-state index contributed by atoms with van der Waals surface area (Å²) in [6, 6.07) is 12.2. The number of aromatic nitrogens is 3. The maximum Gasteiger partial charge on any atom is 0.334 e. The first kappa shape index (κ1) is 22.2. The lowest BCUT2D eigenvalue weighted by molar-refractivity contribution is -0.384. The highest BCUT2D eigenvalue weighted by atomic mass is 32.2. The first-order valence-electron chi connectivity index (χ1n) is 9.33. The fraction of sp³-hybridized carbons (Fsp3) is 0.100. The molecule has 0 aliphatic heterocycles. The summed E-state index contributed by atoms with van der Waals surface area (Å²) in [7, 11) is 1.44. The second-order valence-electron chi connectivity index (χ2n) is 6.56. The fourth-order valence-electron chi connectivity index (χ4n) is 3.02. The summed E-state index contributed by atoms with van der Waals surface area (Å²) in [5.74, 6) is -0.174. The number of amides is 1. The molecule has 0 saturated heterocycles. The van der Waals surface area contributed by atoms with Crippen molar-refractivity contribution >= 4 is 50.7 Å². The number of para-hydroxylation sites is 2. The number of ether oxygens (including phenoxy) is 1. The number of aromatic amines is 1. The first-order valence-corrected chi connectivity index (χ1v) is 11.1. The SMILES string of the molecule is COc1ccccc1-n1c(NC(=O)CSc2nc3cc([N+](=O)[O-])ccc3s2)cc(=O)[nH]c1=O. The molecule has 4 rings (SSSR count). The van der Waals surface area contributed by atoms with Crippen LogP contribution in [0, 0.1) is 10.1 Å². The number of methoxy groups -OCH3 is 1. The van der Waals surface area contributed by atoms with E-state index in [9.17, 15) is 24.5 Å². The van der Waals surface area contributed by atoms with Crippen LogP contribution in [0.15, 0.2) is 62.5 Å². The van der Waals surface area contributed by atoms with Crippen LogP contribution in [-0.2, 0) is 4.79 Å². The molecule has 0 unspecified atom stereocenters. The van der Waals surface area contributed by atoms with Gasteiger partial charge in [-0.3, -0.25) is 24.7 Å². The van der Waals surface area contributed by atoms with Gasteiger partial charge in [0.1, 0.15) is 11.6 Å². The Balaban J connectivity index is 1.56. The van der Waals surface area contributed by atoms with E-state index < -0.39 is 22.1 Å². The molecule has 2 aromatic carbocycles. The average Bonchev–Trinajstić information content (AvgIpc) is 3.19. The number of anilines is 1. The Morgan fingerprint density at radius 2 is 2.06 bits per heavy atom. The van der Waals surface area contributed by atoms with E-state index in [-0.39, 0.29) is 17.3 Å². The second-order valence-corrected chi connectivity index (χ2v) is 8.81. The predicted octanol–water partition coefficient (Wildman–Crippen LogP) is 2.78. The van der Waals surface area contributed by atoms with Gasteiger partial charge in [0, 0.05) is 18.2 Å². The molecule has 33 heavy (non-hydrogen) atoms. The predicted molar refractivity (Wildman–Crippen MR) is 125 cm³/mol. The normalized spacial score (nSPS) is 10.8. The van der Waals surface area contributed by atoms with Crippen molar-refractivity contribution in [1.29, 1.82) is 0 Å². The molecule has 0 saturated carbocycles. The van der Waals surface area contributed by atoms with Gasteiger partial charge >= 0.3 is 5.69 Å². The van der Waals surface area contributed by atoms with Gasteiger partial charge in [-0.2, -0.15) is 0 Å². The molecule has 0 bridgehead atoms. The maximum absolute atomic E-state index is 12.6. The Labute approximate surface area is 193 Å². The van der Waals surface area contributed by atoms with Gasteiger partial charge in [0.05, 0.1) is 33.7 Å². The van der Waals surface area contributed by atoms with Gasteiger partial charge in [0.15, 0.2) is 4.34 Å². The lowest BCUT2D eigenvalue weighted by Crippen LogP contribution is -2.32. The van der Waals surface area contributed by atoms with Gasteiger partial charge in [0.25, 0.3) is 11.2 Å². The number of rotatable bonds is 7. The summed E-state index contributed by atoms with van der Waals surface area (Å²) >= 11 is 2.43. The van der Waals surface area contributed by atoms with Crippen molar-refractivity contribution in [3.05, 3.63) is 79.5 Å². The zero-order valence-corrected chi connectivity index (χ0v) is 18.6. The number of thioether (sulfide) groups is 1. The number of H-pyrrole nitrogens is 1. The van der Waals surface area contributed by atoms with E-state index in [0.717, 1.165) is 27.1 Å². The molecule has 0 radical (unpaired) electrons. The van der Waals surface area contributed by atoms with Crippen LogP contribution >= 0.6 is 23.1 Å². The molecule has 2 heterocycles. The number of carbonyl (C=O) groups excluding carboxylic acids is 1. The Hall–Kier alpha value is -3.97. The molecule has 2 N–H and O–H groups in total. The highest BCUT2D eigenvalue weighted by Gasteiger charge is 2.16. The minimum Gasteiger partial charge on any atom is -0.495 e. The van der Waals surface area contributed by atoms with Crippen LogP contribution in [0.5, 0.6) is 5.75 Å². The third-order valence-electron chi connectivity index (χ3n) is 4.42. The Bertz CT molecular complexity index is 1490. The molecule has 11 nitrogen and oxygen atoms in total. The number of hydrogen-bond acceptors (Lipinski definition) is 9. The number of carbonyl (C=O) groups is 1. The molecule has 0 atom stereocenters. The van der Waals surface area contributed by atoms with Crippen molar-refractivity contribution in [2.45, 2.75) is 4.34 Å². The fourth-order valence-corrected chi connectivity index (χ4v) is 4.87. The van der Waals surface area contributed by atoms with Gasteiger partial charge in [-0.15, -0.1) is 11.3 Å². The lowest BCUT2D eigenvalue weighted by atomic mass is 10.3. The number of nitrogens with zero attached hydrogens (tertiary/aromatic N) is 3. The molecule has 2 aromatic heterocycles. The molecule has 13 heteroatoms. The standard InChI is InChI=1S/C20H15N5O6S2/c1-31-14-5-3-2-4-13(14)24-16(9-17(26)23-19(24)28)22-18(27)10-32-20-21-12-8-11(25(29)30)6-7-15(12)33-20/h2-9H,10H2,1H3,(H,22,27)(H,23,26,28). The smallest absolute Gasteiger partial charge is 0.334 e. The van der Waals surface area contributed by atoms with E-state index in [2.05, 4.69) is 15.3 Å². The van der Waals surface area contributed by atoms with Crippen LogP contribution in [0.25, 0.3) is 15.9 Å². The number of fused-ring (bicyclic) bond motifs is 1. The van der Waals surface area contributed by atoms with E-state index >= 15 is 0 Å². The minimum absolute atomic E-state index is 0.0150. The van der Waals surface area contributed by atoms with Crippen molar-refractivity contribution in [2.75, 3.05) is 18.2 Å². The van der Waals surface area contributed by atoms with Crippen molar-refractivity contribution in [3.8, 4) is 11.4 Å². The number of nitro groups is 1. The molecule has 4 aromatic rings. The minimum atomic E-state index is -0.734. The second kappa shape index (κ2) is 9.26. The van der Waals surface area contributed by atoms with Crippen LogP contribution in [0.3, 0.4) is 0 Å². The average molecular weight is 486 g/mol. The maximum atomic E-state index is 12.6. The summed E-state index contributed by atoms with van der Waals surface area (Å²) in [6.07, 6.45) is 0. The van der Waals surface area contributed by atoms with Gasteiger partial charge in [-0.05, 0) is 18.2 Å². The van der Waals surface area contributed by atoms with E-state index in [0.29, 0.717) is 21.3 Å². The van der Waals surface area contributed by atoms with Crippen LogP contribution in [0.2, 0.25) is 0 Å². The molecule has 1 amide bonds. The number of benzene rings is 2. The van der Waals surface area contributed by atoms with Crippen molar-refractivity contribution < 1.29 is 14.5 Å². The van der Waals surface area contributed by atoms with Crippen LogP contribution in [-0.4, -0.2) is 38.2 Å². The van der Waals surface area contributed by atoms with Gasteiger partial charge in [0.2, 0.25) is 5.91 Å². The third kappa shape index (κ3) is 4.78. The zero-order valence-electron chi connectivity index (χ0n) is 16.9. The summed E-state index contributed by atoms with van der Waals surface area (Å²) < 4.78 is 7.73. The van der Waals surface area contributed by atoms with Crippen LogP contribution in [0.1, 0.15) is 0 Å². The first-order chi connectivity index (χ1) is 15.9. The van der Waals surface area contributed by atoms with E-state index in [1.165, 1.54) is 30.6 Å². The van der Waals surface area contributed by atoms with Crippen LogP contribution in [0.4, 0.5) is 11.5 Å². The summed E-state index contributed by atoms with van der Waals surface area (Å²) in [6.45, 7) is 0. The monoisotopic (exact) mass is 485 g/mol. The third-order valence-corrected chi connectivity index (χ3v) is 6.60. The van der Waals surface area contributed by atoms with Crippen molar-refractivity contribution in [1.82, 2.24) is 14.5 Å². The number of hydrogen-bond donors (Lipinski definition) is 2. The molecular weight excluding hydrogens is 470 g/mol. The largest absolute Gasteiger partial charge is 0.495 e. The van der Waals surface area contributed by atoms with E-state index in [1.54, 1.807) is 30.3 Å². The highest BCUT2D eigenvalue weighted by molar-refractivity contribution is 8.01. The zero-order chi connectivity index (χ0) is 23.5. The Morgan fingerprint density at radius 3 is 2.82 bits per heavy atom. The topological polar surface area (TPSA) is 149 Å². The van der Waals surface area contributed by atoms with Gasteiger partial charge < -0.3 is 10.1 Å². The van der Waals surface area contributed by atoms with Crippen molar-refractivity contribution in [3.63, 3.8) is 0 Å². The molecule has 0 spiro atoms. The Morgan fingerprint density at radius 1 is 1.27 bits per heavy atom. The van der Waals surface area contributed by atoms with Crippen LogP contribution < -0.4 is 21.3 Å². The number of nitro benzene ring substituents is 1. The lowest BCUT2D eigenvalue weighted by Gasteiger charge is -2.15. The van der Waals surface area contributed by atoms with E-state index in [4.69, 9.17) is 4.74 Å². The molecule has 168 valence electrons. The molecule has 0 fully saturated rings. The highest BCUT2D eigenvalue weighted by Crippen LogP contribution is 2.31. The number of nitrogens with one attached hydrogen (secondary N) is 2. The quantitative estimate of drug-likeness (QED) is 0.231. The Kier molecular flexibility index (Phi) is 6.24. The van der Waals surface area contributed by atoms with Gasteiger partial charge in [-0.1, -0.05) is 23.9 Å². The van der Waals surface area contributed by atoms with Crippen molar-refractivity contribution in [2.24, 2.45) is 0 Å².